The Labute approximate surface area is 109 Å². The number of aryl methyl sites for hydroxylation is 1. The molecule has 0 unspecified atom stereocenters. The number of hydrogen-bond donors (Lipinski definition) is 1. The first-order chi connectivity index (χ1) is 8.15. The van der Waals surface area contributed by atoms with Crippen molar-refractivity contribution in [3.8, 4) is 0 Å². The average Bonchev–Trinajstić information content (AvgIpc) is 2.30. The quantitative estimate of drug-likeness (QED) is 0.878. The van der Waals surface area contributed by atoms with Crippen molar-refractivity contribution in [2.75, 3.05) is 5.32 Å². The molecule has 0 saturated carbocycles. The second-order valence-electron chi connectivity index (χ2n) is 3.96. The lowest BCUT2D eigenvalue weighted by molar-refractivity contribution is 0.625. The number of benzene rings is 2. The van der Waals surface area contributed by atoms with Crippen LogP contribution in [0.3, 0.4) is 0 Å². The van der Waals surface area contributed by atoms with Gasteiger partial charge in [-0.25, -0.2) is 4.39 Å². The Hall–Kier alpha value is -1.35. The molecule has 0 saturated heterocycles. The molecule has 3 heteroatoms. The molecular weight excluding hydrogens is 281 g/mol. The van der Waals surface area contributed by atoms with Gasteiger partial charge in [0.1, 0.15) is 5.82 Å². The molecule has 1 N–H and O–H groups in total. The van der Waals surface area contributed by atoms with Gasteiger partial charge in [-0.1, -0.05) is 28.1 Å². The molecule has 0 aliphatic heterocycles. The second-order valence-corrected chi connectivity index (χ2v) is 4.81. The Balaban J connectivity index is 2.09. The van der Waals surface area contributed by atoms with E-state index in [4.69, 9.17) is 0 Å². The zero-order chi connectivity index (χ0) is 12.3. The summed E-state index contributed by atoms with van der Waals surface area (Å²) in [6.45, 7) is 2.64. The Morgan fingerprint density at radius 1 is 1.18 bits per heavy atom. The molecule has 0 bridgehead atoms. The summed E-state index contributed by atoms with van der Waals surface area (Å²) < 4.78 is 14.0. The van der Waals surface area contributed by atoms with Crippen LogP contribution in [0.15, 0.2) is 46.9 Å². The Morgan fingerprint density at radius 3 is 2.76 bits per heavy atom. The molecule has 0 heterocycles. The summed E-state index contributed by atoms with van der Waals surface area (Å²) in [5.74, 6) is -0.214. The van der Waals surface area contributed by atoms with Crippen molar-refractivity contribution in [2.24, 2.45) is 0 Å². The van der Waals surface area contributed by atoms with Crippen LogP contribution in [-0.2, 0) is 6.54 Å². The van der Waals surface area contributed by atoms with Crippen LogP contribution in [0.25, 0.3) is 0 Å². The van der Waals surface area contributed by atoms with Crippen LogP contribution >= 0.6 is 15.9 Å². The summed E-state index contributed by atoms with van der Waals surface area (Å²) in [6.07, 6.45) is 0. The van der Waals surface area contributed by atoms with Gasteiger partial charge < -0.3 is 5.32 Å². The Kier molecular flexibility index (Phi) is 3.79. The molecule has 88 valence electrons. The van der Waals surface area contributed by atoms with Crippen LogP contribution in [-0.4, -0.2) is 0 Å². The maximum absolute atomic E-state index is 13.1. The highest BCUT2D eigenvalue weighted by molar-refractivity contribution is 9.10. The van der Waals surface area contributed by atoms with E-state index in [1.807, 2.05) is 25.1 Å². The van der Waals surface area contributed by atoms with Crippen molar-refractivity contribution < 1.29 is 4.39 Å². The maximum Gasteiger partial charge on any atom is 0.123 e. The van der Waals surface area contributed by atoms with Gasteiger partial charge in [-0.05, 0) is 48.4 Å². The number of hydrogen-bond acceptors (Lipinski definition) is 1. The van der Waals surface area contributed by atoms with Crippen molar-refractivity contribution >= 4 is 21.6 Å². The van der Waals surface area contributed by atoms with E-state index in [0.29, 0.717) is 6.54 Å². The van der Waals surface area contributed by atoms with Gasteiger partial charge in [0.15, 0.2) is 0 Å². The van der Waals surface area contributed by atoms with Crippen LogP contribution < -0.4 is 5.32 Å². The van der Waals surface area contributed by atoms with Crippen molar-refractivity contribution in [3.63, 3.8) is 0 Å². The van der Waals surface area contributed by atoms with E-state index in [0.717, 1.165) is 15.7 Å². The SMILES string of the molecule is Cc1cccc(NCc2cc(F)ccc2Br)c1. The molecule has 0 radical (unpaired) electrons. The van der Waals surface area contributed by atoms with E-state index < -0.39 is 0 Å². The van der Waals surface area contributed by atoms with Crippen LogP contribution in [0, 0.1) is 12.7 Å². The van der Waals surface area contributed by atoms with Crippen molar-refractivity contribution in [1.29, 1.82) is 0 Å². The summed E-state index contributed by atoms with van der Waals surface area (Å²) in [6, 6.07) is 12.8. The number of anilines is 1. The topological polar surface area (TPSA) is 12.0 Å². The molecule has 0 aliphatic carbocycles. The van der Waals surface area contributed by atoms with E-state index in [-0.39, 0.29) is 5.82 Å². The summed E-state index contributed by atoms with van der Waals surface area (Å²) in [4.78, 5) is 0. The van der Waals surface area contributed by atoms with E-state index in [2.05, 4.69) is 27.3 Å². The third kappa shape index (κ3) is 3.30. The van der Waals surface area contributed by atoms with E-state index in [1.165, 1.54) is 17.7 Å². The van der Waals surface area contributed by atoms with Gasteiger partial charge in [0, 0.05) is 16.7 Å². The summed E-state index contributed by atoms with van der Waals surface area (Å²) in [5.41, 5.74) is 3.15. The van der Waals surface area contributed by atoms with E-state index >= 15 is 0 Å². The molecule has 2 rings (SSSR count). The highest BCUT2D eigenvalue weighted by Crippen LogP contribution is 2.19. The lowest BCUT2D eigenvalue weighted by Crippen LogP contribution is -2.00. The minimum atomic E-state index is -0.214. The molecule has 0 aliphatic rings. The highest BCUT2D eigenvalue weighted by atomic mass is 79.9. The Morgan fingerprint density at radius 2 is 2.00 bits per heavy atom. The lowest BCUT2D eigenvalue weighted by atomic mass is 10.2. The molecule has 0 aromatic heterocycles. The van der Waals surface area contributed by atoms with Gasteiger partial charge in [-0.2, -0.15) is 0 Å². The highest BCUT2D eigenvalue weighted by Gasteiger charge is 2.01. The lowest BCUT2D eigenvalue weighted by Gasteiger charge is -2.09. The average molecular weight is 294 g/mol. The minimum absolute atomic E-state index is 0.214. The van der Waals surface area contributed by atoms with Gasteiger partial charge in [-0.3, -0.25) is 0 Å². The summed E-state index contributed by atoms with van der Waals surface area (Å²) >= 11 is 3.41. The fourth-order valence-corrected chi connectivity index (χ4v) is 2.02. The molecule has 1 nitrogen and oxygen atoms in total. The zero-order valence-corrected chi connectivity index (χ0v) is 11.1. The molecular formula is C14H13BrFN. The maximum atomic E-state index is 13.1. The molecule has 0 spiro atoms. The molecule has 17 heavy (non-hydrogen) atoms. The predicted octanol–water partition coefficient (Wildman–Crippen LogP) is 4.51. The first-order valence-electron chi connectivity index (χ1n) is 5.39. The summed E-state index contributed by atoms with van der Waals surface area (Å²) in [5, 5.41) is 3.27. The van der Waals surface area contributed by atoms with Crippen LogP contribution in [0.4, 0.5) is 10.1 Å². The fraction of sp³-hybridized carbons (Fsp3) is 0.143. The molecule has 0 amide bonds. The normalized spacial score (nSPS) is 10.3. The van der Waals surface area contributed by atoms with Crippen molar-refractivity contribution in [2.45, 2.75) is 13.5 Å². The molecule has 2 aromatic rings. The minimum Gasteiger partial charge on any atom is -0.381 e. The van der Waals surface area contributed by atoms with Gasteiger partial charge in [-0.15, -0.1) is 0 Å². The Bertz CT molecular complexity index is 525. The first kappa shape index (κ1) is 12.1. The largest absolute Gasteiger partial charge is 0.381 e. The standard InChI is InChI=1S/C14H13BrFN/c1-10-3-2-4-13(7-10)17-9-11-8-12(16)5-6-14(11)15/h2-8,17H,9H2,1H3. The monoisotopic (exact) mass is 293 g/mol. The summed E-state index contributed by atoms with van der Waals surface area (Å²) in [7, 11) is 0. The van der Waals surface area contributed by atoms with Gasteiger partial charge in [0.25, 0.3) is 0 Å². The molecule has 2 aromatic carbocycles. The molecule has 0 fully saturated rings. The third-order valence-corrected chi connectivity index (χ3v) is 3.28. The molecule has 0 atom stereocenters. The van der Waals surface area contributed by atoms with Crippen molar-refractivity contribution in [3.05, 3.63) is 63.9 Å². The second kappa shape index (κ2) is 5.32. The smallest absolute Gasteiger partial charge is 0.123 e. The van der Waals surface area contributed by atoms with Crippen LogP contribution in [0.2, 0.25) is 0 Å². The van der Waals surface area contributed by atoms with E-state index in [9.17, 15) is 4.39 Å². The van der Waals surface area contributed by atoms with E-state index in [1.54, 1.807) is 6.07 Å². The van der Waals surface area contributed by atoms with Crippen LogP contribution in [0.5, 0.6) is 0 Å². The van der Waals surface area contributed by atoms with Crippen molar-refractivity contribution in [1.82, 2.24) is 0 Å². The predicted molar refractivity (Wildman–Crippen MR) is 72.6 cm³/mol. The van der Waals surface area contributed by atoms with Gasteiger partial charge in [0.05, 0.1) is 0 Å². The van der Waals surface area contributed by atoms with Gasteiger partial charge in [0.2, 0.25) is 0 Å². The number of rotatable bonds is 3. The number of nitrogens with one attached hydrogen (secondary N) is 1. The third-order valence-electron chi connectivity index (χ3n) is 2.51. The van der Waals surface area contributed by atoms with Crippen LogP contribution in [0.1, 0.15) is 11.1 Å². The fourth-order valence-electron chi connectivity index (χ4n) is 1.63. The zero-order valence-electron chi connectivity index (χ0n) is 9.50. The van der Waals surface area contributed by atoms with Gasteiger partial charge >= 0.3 is 0 Å². The first-order valence-corrected chi connectivity index (χ1v) is 6.19. The number of halogens is 2.